The minimum atomic E-state index is -1.19. The Morgan fingerprint density at radius 2 is 1.89 bits per heavy atom. The molecule has 0 heterocycles. The third-order valence-corrected chi connectivity index (χ3v) is 2.69. The summed E-state index contributed by atoms with van der Waals surface area (Å²) in [5, 5.41) is -0.231. The molecule has 0 saturated heterocycles. The quantitative estimate of drug-likeness (QED) is 0.265. The minimum absolute atomic E-state index is 0.229. The molecule has 1 rings (SSSR count). The average Bonchev–Trinajstić information content (AvgIpc) is 2.34. The highest BCUT2D eigenvalue weighted by atomic mass is 35.5. The first kappa shape index (κ1) is 15.6. The second-order valence-electron chi connectivity index (χ2n) is 3.92. The highest BCUT2D eigenvalue weighted by Gasteiger charge is 2.18. The number of unbranched alkanes of at least 4 members (excludes halogenated alkanes) is 1. The van der Waals surface area contributed by atoms with E-state index in [1.807, 2.05) is 6.92 Å². The Hall–Kier alpha value is -1.49. The molecule has 0 saturated carbocycles. The van der Waals surface area contributed by atoms with Crippen LogP contribution >= 0.6 is 11.6 Å². The lowest BCUT2D eigenvalue weighted by atomic mass is 10.1. The van der Waals surface area contributed by atoms with Crippen LogP contribution in [0.5, 0.6) is 0 Å². The highest BCUT2D eigenvalue weighted by molar-refractivity contribution is 6.34. The molecule has 0 aromatic heterocycles. The molecule has 0 fully saturated rings. The third kappa shape index (κ3) is 4.59. The molecule has 104 valence electrons. The molecule has 0 spiro atoms. The average molecular weight is 291 g/mol. The summed E-state index contributed by atoms with van der Waals surface area (Å²) >= 11 is 5.63. The molecule has 6 heteroatoms. The van der Waals surface area contributed by atoms with Crippen LogP contribution in [0.2, 0.25) is 5.02 Å². The van der Waals surface area contributed by atoms with E-state index in [1.54, 1.807) is 0 Å². The lowest BCUT2D eigenvalue weighted by Gasteiger charge is -2.05. The van der Waals surface area contributed by atoms with E-state index in [0.29, 0.717) is 18.6 Å². The Morgan fingerprint density at radius 3 is 2.53 bits per heavy atom. The Labute approximate surface area is 114 Å². The molecule has 0 atom stereocenters. The van der Waals surface area contributed by atoms with Crippen LogP contribution < -0.4 is 0 Å². The molecule has 0 radical (unpaired) electrons. The van der Waals surface area contributed by atoms with Gasteiger partial charge in [0.2, 0.25) is 0 Å². The molecular formula is C13H13ClF2O3. The van der Waals surface area contributed by atoms with E-state index in [0.717, 1.165) is 6.42 Å². The molecule has 1 aromatic carbocycles. The zero-order chi connectivity index (χ0) is 14.4. The Balaban J connectivity index is 2.68. The number of esters is 1. The molecule has 0 bridgehead atoms. The fourth-order valence-corrected chi connectivity index (χ4v) is 1.60. The number of hydrogen-bond acceptors (Lipinski definition) is 3. The van der Waals surface area contributed by atoms with E-state index in [2.05, 4.69) is 0 Å². The molecule has 0 aliphatic heterocycles. The summed E-state index contributed by atoms with van der Waals surface area (Å²) < 4.78 is 30.6. The molecule has 19 heavy (non-hydrogen) atoms. The number of ether oxygens (including phenoxy) is 1. The van der Waals surface area contributed by atoms with Crippen LogP contribution in [0.25, 0.3) is 0 Å². The SMILES string of the molecule is CCCCOC(=O)CC(=O)c1cc(F)c(F)cc1Cl. The maximum Gasteiger partial charge on any atom is 0.313 e. The number of ketones is 1. The summed E-state index contributed by atoms with van der Waals surface area (Å²) in [6, 6.07) is 1.38. The van der Waals surface area contributed by atoms with Crippen molar-refractivity contribution >= 4 is 23.4 Å². The fraction of sp³-hybridized carbons (Fsp3) is 0.385. The van der Waals surface area contributed by atoms with Crippen LogP contribution in [0.3, 0.4) is 0 Å². The summed E-state index contributed by atoms with van der Waals surface area (Å²) in [6.45, 7) is 2.16. The predicted octanol–water partition coefficient (Wildman–Crippen LogP) is 3.53. The van der Waals surface area contributed by atoms with Crippen LogP contribution in [-0.4, -0.2) is 18.4 Å². The number of benzene rings is 1. The van der Waals surface area contributed by atoms with Crippen molar-refractivity contribution < 1.29 is 23.1 Å². The van der Waals surface area contributed by atoms with Crippen molar-refractivity contribution in [1.29, 1.82) is 0 Å². The second-order valence-corrected chi connectivity index (χ2v) is 4.33. The van der Waals surface area contributed by atoms with Gasteiger partial charge in [0.25, 0.3) is 0 Å². The molecule has 3 nitrogen and oxygen atoms in total. The molecule has 0 N–H and O–H groups in total. The van der Waals surface area contributed by atoms with Gasteiger partial charge in [-0.2, -0.15) is 0 Å². The standard InChI is InChI=1S/C13H13ClF2O3/c1-2-3-4-19-13(18)7-12(17)8-5-10(15)11(16)6-9(8)14/h5-6H,2-4,7H2,1H3. The molecule has 0 aliphatic carbocycles. The second kappa shape index (κ2) is 7.19. The Morgan fingerprint density at radius 1 is 1.26 bits per heavy atom. The largest absolute Gasteiger partial charge is 0.465 e. The van der Waals surface area contributed by atoms with E-state index < -0.39 is 29.8 Å². The number of halogens is 3. The van der Waals surface area contributed by atoms with Gasteiger partial charge in [0.05, 0.1) is 11.6 Å². The number of carbonyl (C=O) groups is 2. The maximum atomic E-state index is 13.0. The summed E-state index contributed by atoms with van der Waals surface area (Å²) in [6.07, 6.45) is 1.01. The van der Waals surface area contributed by atoms with Crippen LogP contribution in [0.15, 0.2) is 12.1 Å². The maximum absolute atomic E-state index is 13.0. The topological polar surface area (TPSA) is 43.4 Å². The van der Waals surface area contributed by atoms with Gasteiger partial charge in [0.1, 0.15) is 6.42 Å². The predicted molar refractivity (Wildman–Crippen MR) is 66.2 cm³/mol. The van der Waals surface area contributed by atoms with E-state index in [9.17, 15) is 18.4 Å². The van der Waals surface area contributed by atoms with Crippen molar-refractivity contribution in [3.05, 3.63) is 34.4 Å². The summed E-state index contributed by atoms with van der Waals surface area (Å²) in [5.74, 6) is -3.75. The van der Waals surface area contributed by atoms with Crippen molar-refractivity contribution in [3.63, 3.8) is 0 Å². The zero-order valence-corrected chi connectivity index (χ0v) is 11.1. The summed E-state index contributed by atoms with van der Waals surface area (Å²) in [5.41, 5.74) is -0.229. The lowest BCUT2D eigenvalue weighted by molar-refractivity contribution is -0.142. The van der Waals surface area contributed by atoms with Crippen molar-refractivity contribution in [1.82, 2.24) is 0 Å². The molecule has 0 unspecified atom stereocenters. The summed E-state index contributed by atoms with van der Waals surface area (Å²) in [7, 11) is 0. The van der Waals surface area contributed by atoms with Gasteiger partial charge in [0, 0.05) is 5.56 Å². The molecule has 0 amide bonds. The van der Waals surface area contributed by atoms with Crippen LogP contribution in [-0.2, 0) is 9.53 Å². The van der Waals surface area contributed by atoms with Gasteiger partial charge in [-0.15, -0.1) is 0 Å². The van der Waals surface area contributed by atoms with Gasteiger partial charge in [0.15, 0.2) is 17.4 Å². The van der Waals surface area contributed by atoms with Crippen molar-refractivity contribution in [3.8, 4) is 0 Å². The molecule has 1 aromatic rings. The van der Waals surface area contributed by atoms with Crippen molar-refractivity contribution in [2.75, 3.05) is 6.61 Å². The van der Waals surface area contributed by atoms with E-state index in [1.165, 1.54) is 0 Å². The number of Topliss-reactive ketones (excluding diaryl/α,β-unsaturated/α-hetero) is 1. The normalized spacial score (nSPS) is 10.3. The third-order valence-electron chi connectivity index (χ3n) is 2.38. The first-order valence-electron chi connectivity index (χ1n) is 5.79. The lowest BCUT2D eigenvalue weighted by Crippen LogP contribution is -2.13. The first-order valence-corrected chi connectivity index (χ1v) is 6.16. The first-order chi connectivity index (χ1) is 8.95. The van der Waals surface area contributed by atoms with Gasteiger partial charge < -0.3 is 4.74 Å². The smallest absolute Gasteiger partial charge is 0.313 e. The van der Waals surface area contributed by atoms with Gasteiger partial charge in [-0.05, 0) is 18.6 Å². The van der Waals surface area contributed by atoms with Crippen LogP contribution in [0, 0.1) is 11.6 Å². The van der Waals surface area contributed by atoms with E-state index >= 15 is 0 Å². The van der Waals surface area contributed by atoms with E-state index in [-0.39, 0.29) is 17.2 Å². The summed E-state index contributed by atoms with van der Waals surface area (Å²) in [4.78, 5) is 23.0. The monoisotopic (exact) mass is 290 g/mol. The zero-order valence-electron chi connectivity index (χ0n) is 10.3. The molecular weight excluding hydrogens is 278 g/mol. The Bertz CT molecular complexity index is 489. The number of hydrogen-bond donors (Lipinski definition) is 0. The van der Waals surface area contributed by atoms with E-state index in [4.69, 9.17) is 16.3 Å². The Kier molecular flexibility index (Phi) is 5.89. The highest BCUT2D eigenvalue weighted by Crippen LogP contribution is 2.21. The van der Waals surface area contributed by atoms with Crippen molar-refractivity contribution in [2.45, 2.75) is 26.2 Å². The van der Waals surface area contributed by atoms with Gasteiger partial charge in [-0.3, -0.25) is 9.59 Å². The fourth-order valence-electron chi connectivity index (χ4n) is 1.34. The van der Waals surface area contributed by atoms with Gasteiger partial charge in [-0.1, -0.05) is 24.9 Å². The number of carbonyl (C=O) groups excluding carboxylic acids is 2. The number of rotatable bonds is 6. The molecule has 0 aliphatic rings. The van der Waals surface area contributed by atoms with Gasteiger partial charge >= 0.3 is 5.97 Å². The van der Waals surface area contributed by atoms with Crippen molar-refractivity contribution in [2.24, 2.45) is 0 Å². The van der Waals surface area contributed by atoms with Crippen LogP contribution in [0.1, 0.15) is 36.5 Å². The van der Waals surface area contributed by atoms with Crippen LogP contribution in [0.4, 0.5) is 8.78 Å². The van der Waals surface area contributed by atoms with Gasteiger partial charge in [-0.25, -0.2) is 8.78 Å². The minimum Gasteiger partial charge on any atom is -0.465 e.